The molecule has 1 aliphatic heterocycles. The molecule has 2 amide bonds. The Bertz CT molecular complexity index is 883. The Morgan fingerprint density at radius 2 is 2.29 bits per heavy atom. The summed E-state index contributed by atoms with van der Waals surface area (Å²) in [5.41, 5.74) is 0.679. The minimum Gasteiger partial charge on any atom is -0.328 e. The molecule has 1 atom stereocenters. The first kappa shape index (κ1) is 14.6. The van der Waals surface area contributed by atoms with E-state index in [2.05, 4.69) is 30.9 Å². The maximum absolute atomic E-state index is 12.3. The smallest absolute Gasteiger partial charge is 0.322 e. The van der Waals surface area contributed by atoms with E-state index >= 15 is 0 Å². The van der Waals surface area contributed by atoms with Crippen molar-refractivity contribution < 1.29 is 4.79 Å². The van der Waals surface area contributed by atoms with Crippen LogP contribution in [0.1, 0.15) is 37.5 Å². The molecular formula is C15H18N8O. The van der Waals surface area contributed by atoms with Gasteiger partial charge in [-0.1, -0.05) is 13.0 Å². The quantitative estimate of drug-likeness (QED) is 0.760. The van der Waals surface area contributed by atoms with Gasteiger partial charge in [-0.25, -0.2) is 14.5 Å². The zero-order chi connectivity index (χ0) is 16.5. The third kappa shape index (κ3) is 2.57. The predicted molar refractivity (Wildman–Crippen MR) is 86.5 cm³/mol. The van der Waals surface area contributed by atoms with Gasteiger partial charge in [0.15, 0.2) is 11.5 Å². The first-order valence-electron chi connectivity index (χ1n) is 8.05. The molecule has 3 aromatic heterocycles. The summed E-state index contributed by atoms with van der Waals surface area (Å²) in [6.07, 6.45) is 4.38. The van der Waals surface area contributed by atoms with Crippen LogP contribution in [0.5, 0.6) is 0 Å². The lowest BCUT2D eigenvalue weighted by Crippen LogP contribution is -2.36. The number of aryl methyl sites for hydroxylation is 2. The molecule has 0 radical (unpaired) electrons. The van der Waals surface area contributed by atoms with Gasteiger partial charge in [0, 0.05) is 19.2 Å². The van der Waals surface area contributed by atoms with Crippen molar-refractivity contribution in [3.63, 3.8) is 0 Å². The Morgan fingerprint density at radius 3 is 3.17 bits per heavy atom. The van der Waals surface area contributed by atoms with Crippen LogP contribution in [0, 0.1) is 0 Å². The van der Waals surface area contributed by atoms with Crippen molar-refractivity contribution in [3.8, 4) is 0 Å². The van der Waals surface area contributed by atoms with Crippen molar-refractivity contribution in [2.75, 3.05) is 5.32 Å². The number of nitrogens with one attached hydrogen (secondary N) is 2. The maximum atomic E-state index is 12.3. The number of hydrogen-bond donors (Lipinski definition) is 2. The number of hydrogen-bond acceptors (Lipinski definition) is 5. The monoisotopic (exact) mass is 326 g/mol. The predicted octanol–water partition coefficient (Wildman–Crippen LogP) is 1.54. The van der Waals surface area contributed by atoms with E-state index in [1.54, 1.807) is 10.6 Å². The lowest BCUT2D eigenvalue weighted by molar-refractivity contribution is 0.244. The normalized spacial score (nSPS) is 16.8. The molecule has 0 bridgehead atoms. The van der Waals surface area contributed by atoms with Gasteiger partial charge in [-0.15, -0.1) is 10.2 Å². The summed E-state index contributed by atoms with van der Waals surface area (Å²) >= 11 is 0. The SMILES string of the molecule is CCc1nc2n(n1)CCC[C@H]2NC(=O)Nc1nnc2ccccn12. The highest BCUT2D eigenvalue weighted by Gasteiger charge is 2.25. The second-order valence-corrected chi connectivity index (χ2v) is 5.71. The number of aromatic nitrogens is 6. The third-order valence-electron chi connectivity index (χ3n) is 4.08. The molecule has 4 rings (SSSR count). The van der Waals surface area contributed by atoms with Crippen molar-refractivity contribution in [3.05, 3.63) is 36.0 Å². The first-order valence-corrected chi connectivity index (χ1v) is 8.05. The molecule has 1 aliphatic rings. The Kier molecular flexibility index (Phi) is 3.60. The summed E-state index contributed by atoms with van der Waals surface area (Å²) in [5.74, 6) is 2.01. The molecule has 0 unspecified atom stereocenters. The van der Waals surface area contributed by atoms with Crippen LogP contribution in [0.2, 0.25) is 0 Å². The van der Waals surface area contributed by atoms with E-state index in [0.717, 1.165) is 37.5 Å². The van der Waals surface area contributed by atoms with Gasteiger partial charge in [-0.05, 0) is 25.0 Å². The van der Waals surface area contributed by atoms with Gasteiger partial charge in [-0.2, -0.15) is 5.10 Å². The average molecular weight is 326 g/mol. The van der Waals surface area contributed by atoms with Crippen LogP contribution in [0.15, 0.2) is 24.4 Å². The zero-order valence-electron chi connectivity index (χ0n) is 13.3. The summed E-state index contributed by atoms with van der Waals surface area (Å²) < 4.78 is 3.61. The Labute approximate surface area is 138 Å². The Balaban J connectivity index is 1.50. The number of rotatable bonds is 3. The van der Waals surface area contributed by atoms with Gasteiger partial charge in [0.2, 0.25) is 5.95 Å². The standard InChI is InChI=1S/C15H18N8O/c1-2-11-17-13-10(6-5-9-23(13)21-11)16-15(24)18-14-20-19-12-7-3-4-8-22(12)14/h3-4,7-8,10H,2,5-6,9H2,1H3,(H2,16,18,20,24)/t10-/m1/s1. The zero-order valence-corrected chi connectivity index (χ0v) is 13.3. The van der Waals surface area contributed by atoms with E-state index in [1.165, 1.54) is 0 Å². The first-order chi connectivity index (χ1) is 11.7. The highest BCUT2D eigenvalue weighted by molar-refractivity contribution is 5.88. The summed E-state index contributed by atoms with van der Waals surface area (Å²) in [7, 11) is 0. The molecule has 0 aliphatic carbocycles. The fraction of sp³-hybridized carbons (Fsp3) is 0.400. The summed E-state index contributed by atoms with van der Waals surface area (Å²) in [6, 6.07) is 5.08. The van der Waals surface area contributed by atoms with Crippen LogP contribution in [-0.4, -0.2) is 35.4 Å². The van der Waals surface area contributed by atoms with E-state index in [-0.39, 0.29) is 12.1 Å². The van der Waals surface area contributed by atoms with Crippen molar-refractivity contribution >= 4 is 17.6 Å². The van der Waals surface area contributed by atoms with Crippen molar-refractivity contribution in [1.29, 1.82) is 0 Å². The summed E-state index contributed by atoms with van der Waals surface area (Å²) in [4.78, 5) is 16.9. The van der Waals surface area contributed by atoms with E-state index in [1.807, 2.05) is 29.8 Å². The number of urea groups is 1. The van der Waals surface area contributed by atoms with E-state index < -0.39 is 0 Å². The topological polar surface area (TPSA) is 102 Å². The molecule has 0 aromatic carbocycles. The number of carbonyl (C=O) groups is 1. The lowest BCUT2D eigenvalue weighted by atomic mass is 10.1. The van der Waals surface area contributed by atoms with E-state index in [9.17, 15) is 4.79 Å². The molecule has 9 nitrogen and oxygen atoms in total. The van der Waals surface area contributed by atoms with Crippen LogP contribution in [0.3, 0.4) is 0 Å². The van der Waals surface area contributed by atoms with E-state index in [4.69, 9.17) is 0 Å². The Morgan fingerprint density at radius 1 is 1.38 bits per heavy atom. The van der Waals surface area contributed by atoms with E-state index in [0.29, 0.717) is 11.6 Å². The van der Waals surface area contributed by atoms with Crippen molar-refractivity contribution in [1.82, 2.24) is 34.7 Å². The minimum absolute atomic E-state index is 0.147. The van der Waals surface area contributed by atoms with Crippen LogP contribution < -0.4 is 10.6 Å². The third-order valence-corrected chi connectivity index (χ3v) is 4.08. The Hall–Kier alpha value is -2.97. The molecule has 9 heteroatoms. The molecule has 24 heavy (non-hydrogen) atoms. The van der Waals surface area contributed by atoms with Gasteiger partial charge in [0.25, 0.3) is 0 Å². The molecule has 124 valence electrons. The molecule has 0 saturated carbocycles. The van der Waals surface area contributed by atoms with Crippen LogP contribution in [-0.2, 0) is 13.0 Å². The molecule has 0 fully saturated rings. The fourth-order valence-electron chi connectivity index (χ4n) is 2.91. The number of fused-ring (bicyclic) bond motifs is 2. The highest BCUT2D eigenvalue weighted by Crippen LogP contribution is 2.23. The molecule has 4 heterocycles. The highest BCUT2D eigenvalue weighted by atomic mass is 16.2. The molecule has 3 aromatic rings. The minimum atomic E-state index is -0.326. The van der Waals surface area contributed by atoms with Gasteiger partial charge in [0.1, 0.15) is 5.82 Å². The number of anilines is 1. The second-order valence-electron chi connectivity index (χ2n) is 5.71. The number of carbonyl (C=O) groups excluding carboxylic acids is 1. The molecular weight excluding hydrogens is 308 g/mol. The van der Waals surface area contributed by atoms with Gasteiger partial charge in [0.05, 0.1) is 6.04 Å². The number of pyridine rings is 1. The van der Waals surface area contributed by atoms with Crippen LogP contribution >= 0.6 is 0 Å². The van der Waals surface area contributed by atoms with Gasteiger partial charge in [-0.3, -0.25) is 9.72 Å². The summed E-state index contributed by atoms with van der Waals surface area (Å²) in [6.45, 7) is 2.86. The molecule has 0 saturated heterocycles. The number of nitrogens with zero attached hydrogens (tertiary/aromatic N) is 6. The maximum Gasteiger partial charge on any atom is 0.322 e. The summed E-state index contributed by atoms with van der Waals surface area (Å²) in [5, 5.41) is 18.2. The van der Waals surface area contributed by atoms with Crippen LogP contribution in [0.25, 0.3) is 5.65 Å². The van der Waals surface area contributed by atoms with Crippen LogP contribution in [0.4, 0.5) is 10.7 Å². The lowest BCUT2D eigenvalue weighted by Gasteiger charge is -2.22. The number of amides is 2. The fourth-order valence-corrected chi connectivity index (χ4v) is 2.91. The van der Waals surface area contributed by atoms with Gasteiger partial charge < -0.3 is 5.32 Å². The van der Waals surface area contributed by atoms with Crippen molar-refractivity contribution in [2.45, 2.75) is 38.8 Å². The molecule has 0 spiro atoms. The average Bonchev–Trinajstić information content (AvgIpc) is 3.20. The van der Waals surface area contributed by atoms with Gasteiger partial charge >= 0.3 is 6.03 Å². The second kappa shape index (κ2) is 5.91. The van der Waals surface area contributed by atoms with Crippen molar-refractivity contribution in [2.24, 2.45) is 0 Å². The largest absolute Gasteiger partial charge is 0.328 e. The molecule has 2 N–H and O–H groups in total.